The molecule has 0 bridgehead atoms. The van der Waals surface area contributed by atoms with Gasteiger partial charge in [0.2, 0.25) is 0 Å². The van der Waals surface area contributed by atoms with Crippen molar-refractivity contribution < 1.29 is 9.13 Å². The van der Waals surface area contributed by atoms with Gasteiger partial charge in [0.15, 0.2) is 0 Å². The van der Waals surface area contributed by atoms with Crippen LogP contribution in [0.25, 0.3) is 0 Å². The maximum atomic E-state index is 13.1. The monoisotopic (exact) mass is 261 g/mol. The first-order valence-electron chi connectivity index (χ1n) is 4.35. The van der Waals surface area contributed by atoms with Crippen molar-refractivity contribution in [1.29, 1.82) is 0 Å². The lowest BCUT2D eigenvalue weighted by Crippen LogP contribution is -2.11. The normalized spacial score (nSPS) is 10.3. The fourth-order valence-corrected chi connectivity index (χ4v) is 1.80. The van der Waals surface area contributed by atoms with E-state index in [1.54, 1.807) is 0 Å². The van der Waals surface area contributed by atoms with Crippen LogP contribution in [0.4, 0.5) is 4.39 Å². The molecule has 2 nitrogen and oxygen atoms in total. The van der Waals surface area contributed by atoms with Crippen molar-refractivity contribution in [3.05, 3.63) is 28.0 Å². The Morgan fingerprint density at radius 2 is 2.21 bits per heavy atom. The number of rotatable bonds is 4. The number of ether oxygens (including phenoxy) is 1. The lowest BCUT2D eigenvalue weighted by molar-refractivity contribution is 0.407. The summed E-state index contributed by atoms with van der Waals surface area (Å²) >= 11 is 3.39. The molecule has 0 amide bonds. The Morgan fingerprint density at radius 3 is 2.79 bits per heavy atom. The van der Waals surface area contributed by atoms with E-state index >= 15 is 0 Å². The summed E-state index contributed by atoms with van der Waals surface area (Å²) in [6, 6.07) is 2.89. The van der Waals surface area contributed by atoms with Crippen molar-refractivity contribution in [3.8, 4) is 5.75 Å². The average Bonchev–Trinajstić information content (AvgIpc) is 2.18. The van der Waals surface area contributed by atoms with Gasteiger partial charge in [0.1, 0.15) is 11.6 Å². The quantitative estimate of drug-likeness (QED) is 0.899. The summed E-state index contributed by atoms with van der Waals surface area (Å²) in [5.41, 5.74) is 0.913. The Morgan fingerprint density at radius 1 is 1.50 bits per heavy atom. The van der Waals surface area contributed by atoms with Gasteiger partial charge in [-0.2, -0.15) is 0 Å². The zero-order valence-electron chi connectivity index (χ0n) is 8.23. The maximum Gasteiger partial charge on any atom is 0.136 e. The Balaban J connectivity index is 2.96. The van der Waals surface area contributed by atoms with Crippen molar-refractivity contribution in [2.24, 2.45) is 0 Å². The molecule has 0 saturated carbocycles. The lowest BCUT2D eigenvalue weighted by Gasteiger charge is -2.09. The van der Waals surface area contributed by atoms with Gasteiger partial charge in [-0.15, -0.1) is 0 Å². The van der Waals surface area contributed by atoms with Crippen LogP contribution in [0.1, 0.15) is 5.56 Å². The predicted molar refractivity (Wildman–Crippen MR) is 58.3 cm³/mol. The SMILES string of the molecule is CNCCc1cc(F)cc(OC)c1Br. The molecule has 0 unspecified atom stereocenters. The molecule has 0 aliphatic heterocycles. The molecule has 4 heteroatoms. The molecular weight excluding hydrogens is 249 g/mol. The molecular formula is C10H13BrFNO. The van der Waals surface area contributed by atoms with E-state index in [9.17, 15) is 4.39 Å². The number of likely N-dealkylation sites (N-methyl/N-ethyl adjacent to an activating group) is 1. The smallest absolute Gasteiger partial charge is 0.136 e. The van der Waals surface area contributed by atoms with E-state index in [1.807, 2.05) is 7.05 Å². The van der Waals surface area contributed by atoms with Crippen LogP contribution in [0.2, 0.25) is 0 Å². The van der Waals surface area contributed by atoms with E-state index in [0.717, 1.165) is 23.0 Å². The summed E-state index contributed by atoms with van der Waals surface area (Å²) in [6.07, 6.45) is 0.769. The molecule has 0 aromatic heterocycles. The van der Waals surface area contributed by atoms with Crippen LogP contribution in [0, 0.1) is 5.82 Å². The van der Waals surface area contributed by atoms with Gasteiger partial charge < -0.3 is 10.1 Å². The molecule has 1 N–H and O–H groups in total. The number of halogens is 2. The minimum Gasteiger partial charge on any atom is -0.495 e. The van der Waals surface area contributed by atoms with Crippen molar-refractivity contribution in [2.45, 2.75) is 6.42 Å². The van der Waals surface area contributed by atoms with Gasteiger partial charge in [0.25, 0.3) is 0 Å². The predicted octanol–water partition coefficient (Wildman–Crippen LogP) is 2.36. The first-order valence-corrected chi connectivity index (χ1v) is 5.15. The van der Waals surface area contributed by atoms with Crippen LogP contribution in [0.15, 0.2) is 16.6 Å². The number of hydrogen-bond donors (Lipinski definition) is 1. The summed E-state index contributed by atoms with van der Waals surface area (Å²) in [4.78, 5) is 0. The highest BCUT2D eigenvalue weighted by Crippen LogP contribution is 2.29. The minimum atomic E-state index is -0.267. The maximum absolute atomic E-state index is 13.1. The largest absolute Gasteiger partial charge is 0.495 e. The molecule has 1 aromatic rings. The summed E-state index contributed by atoms with van der Waals surface area (Å²) in [7, 11) is 3.39. The molecule has 0 atom stereocenters. The Hall–Kier alpha value is -0.610. The van der Waals surface area contributed by atoms with Crippen LogP contribution in [-0.4, -0.2) is 20.7 Å². The van der Waals surface area contributed by atoms with E-state index in [4.69, 9.17) is 4.74 Å². The zero-order chi connectivity index (χ0) is 10.6. The standard InChI is InChI=1S/C10H13BrFNO/c1-13-4-3-7-5-8(12)6-9(14-2)10(7)11/h5-6,13H,3-4H2,1-2H3. The molecule has 14 heavy (non-hydrogen) atoms. The highest BCUT2D eigenvalue weighted by atomic mass is 79.9. The fraction of sp³-hybridized carbons (Fsp3) is 0.400. The number of hydrogen-bond acceptors (Lipinski definition) is 2. The number of benzene rings is 1. The third-order valence-electron chi connectivity index (χ3n) is 1.94. The summed E-state index contributed by atoms with van der Waals surface area (Å²) in [6.45, 7) is 0.811. The molecule has 0 radical (unpaired) electrons. The first-order chi connectivity index (χ1) is 6.69. The number of nitrogens with one attached hydrogen (secondary N) is 1. The van der Waals surface area contributed by atoms with Crippen molar-refractivity contribution in [1.82, 2.24) is 5.32 Å². The van der Waals surface area contributed by atoms with Gasteiger partial charge >= 0.3 is 0 Å². The summed E-state index contributed by atoms with van der Waals surface area (Å²) < 4.78 is 19.0. The van der Waals surface area contributed by atoms with E-state index in [-0.39, 0.29) is 5.82 Å². The van der Waals surface area contributed by atoms with Crippen LogP contribution in [-0.2, 0) is 6.42 Å². The van der Waals surface area contributed by atoms with Crippen molar-refractivity contribution in [3.63, 3.8) is 0 Å². The van der Waals surface area contributed by atoms with Crippen molar-refractivity contribution in [2.75, 3.05) is 20.7 Å². The van der Waals surface area contributed by atoms with Gasteiger partial charge in [-0.25, -0.2) is 4.39 Å². The van der Waals surface area contributed by atoms with Crippen LogP contribution in [0.3, 0.4) is 0 Å². The van der Waals surface area contributed by atoms with E-state index in [2.05, 4.69) is 21.2 Å². The van der Waals surface area contributed by atoms with E-state index < -0.39 is 0 Å². The van der Waals surface area contributed by atoms with Crippen molar-refractivity contribution >= 4 is 15.9 Å². The second-order valence-corrected chi connectivity index (χ2v) is 3.73. The number of methoxy groups -OCH3 is 1. The molecule has 78 valence electrons. The molecule has 0 spiro atoms. The third kappa shape index (κ3) is 2.69. The molecule has 0 fully saturated rings. The topological polar surface area (TPSA) is 21.3 Å². The van der Waals surface area contributed by atoms with Gasteiger partial charge in [0, 0.05) is 6.07 Å². The van der Waals surface area contributed by atoms with Gasteiger partial charge in [-0.3, -0.25) is 0 Å². The average molecular weight is 262 g/mol. The van der Waals surface area contributed by atoms with Crippen LogP contribution >= 0.6 is 15.9 Å². The molecule has 0 saturated heterocycles. The Kier molecular flexibility index (Phi) is 4.35. The highest BCUT2D eigenvalue weighted by molar-refractivity contribution is 9.10. The van der Waals surface area contributed by atoms with Gasteiger partial charge in [0.05, 0.1) is 11.6 Å². The summed E-state index contributed by atoms with van der Waals surface area (Å²) in [5.74, 6) is 0.271. The lowest BCUT2D eigenvalue weighted by atomic mass is 10.1. The van der Waals surface area contributed by atoms with E-state index in [0.29, 0.717) is 5.75 Å². The van der Waals surface area contributed by atoms with Crippen LogP contribution < -0.4 is 10.1 Å². The second-order valence-electron chi connectivity index (χ2n) is 2.93. The minimum absolute atomic E-state index is 0.267. The fourth-order valence-electron chi connectivity index (χ4n) is 1.21. The van der Waals surface area contributed by atoms with Gasteiger partial charge in [-0.05, 0) is 47.6 Å². The van der Waals surface area contributed by atoms with E-state index in [1.165, 1.54) is 19.2 Å². The molecule has 1 aromatic carbocycles. The molecule has 1 rings (SSSR count). The molecule has 0 aliphatic rings. The Labute approximate surface area is 91.6 Å². The summed E-state index contributed by atoms with van der Waals surface area (Å²) in [5, 5.41) is 3.02. The Bertz CT molecular complexity index is 317. The molecule has 0 aliphatic carbocycles. The zero-order valence-corrected chi connectivity index (χ0v) is 9.82. The highest BCUT2D eigenvalue weighted by Gasteiger charge is 2.08. The van der Waals surface area contributed by atoms with Crippen LogP contribution in [0.5, 0.6) is 5.75 Å². The van der Waals surface area contributed by atoms with Gasteiger partial charge in [-0.1, -0.05) is 0 Å². The molecule has 0 heterocycles. The second kappa shape index (κ2) is 5.32. The first kappa shape index (κ1) is 11.5. The third-order valence-corrected chi connectivity index (χ3v) is 2.84.